The molecular formula is C19H42N+. The third kappa shape index (κ3) is 18.0. The number of hydrogen-bond acceptors (Lipinski definition) is 0. The Kier molecular flexibility index (Phi) is 12.7. The first-order valence-electron chi connectivity index (χ1n) is 9.22. The van der Waals surface area contributed by atoms with Gasteiger partial charge in [-0.25, -0.2) is 0 Å². The highest BCUT2D eigenvalue weighted by atomic mass is 15.3. The van der Waals surface area contributed by atoms with Gasteiger partial charge in [0.15, 0.2) is 0 Å². The average molecular weight is 285 g/mol. The van der Waals surface area contributed by atoms with E-state index in [4.69, 9.17) is 0 Å². The van der Waals surface area contributed by atoms with Crippen LogP contribution in [0.15, 0.2) is 0 Å². The fraction of sp³-hybridized carbons (Fsp3) is 1.00. The molecule has 0 bridgehead atoms. The molecule has 0 atom stereocenters. The van der Waals surface area contributed by atoms with Crippen molar-refractivity contribution in [3.63, 3.8) is 0 Å². The van der Waals surface area contributed by atoms with Gasteiger partial charge in [0.05, 0.1) is 27.7 Å². The molecule has 0 radical (unpaired) electrons. The minimum absolute atomic E-state index is 0.895. The fourth-order valence-corrected chi connectivity index (χ4v) is 2.73. The van der Waals surface area contributed by atoms with E-state index in [1.54, 1.807) is 0 Å². The van der Waals surface area contributed by atoms with E-state index < -0.39 is 0 Å². The van der Waals surface area contributed by atoms with E-state index in [0.29, 0.717) is 0 Å². The van der Waals surface area contributed by atoms with E-state index >= 15 is 0 Å². The molecule has 0 aromatic heterocycles. The second kappa shape index (κ2) is 12.7. The molecule has 0 aliphatic carbocycles. The zero-order valence-electron chi connectivity index (χ0n) is 15.2. The monoisotopic (exact) mass is 284 g/mol. The molecule has 0 fully saturated rings. The largest absolute Gasteiger partial charge is 0.331 e. The molecule has 0 aromatic rings. The van der Waals surface area contributed by atoms with Crippen molar-refractivity contribution in [3.8, 4) is 0 Å². The van der Waals surface area contributed by atoms with Crippen molar-refractivity contribution in [2.24, 2.45) is 5.92 Å². The van der Waals surface area contributed by atoms with Gasteiger partial charge in [0, 0.05) is 0 Å². The van der Waals surface area contributed by atoms with Crippen molar-refractivity contribution >= 4 is 0 Å². The molecule has 0 unspecified atom stereocenters. The summed E-state index contributed by atoms with van der Waals surface area (Å²) in [6, 6.07) is 0. The van der Waals surface area contributed by atoms with Crippen molar-refractivity contribution in [1.29, 1.82) is 0 Å². The van der Waals surface area contributed by atoms with Crippen molar-refractivity contribution in [2.75, 3.05) is 27.7 Å². The number of hydrogen-bond donors (Lipinski definition) is 0. The Labute approximate surface area is 129 Å². The smallest absolute Gasteiger partial charge is 0.0780 e. The Morgan fingerprint density at radius 1 is 0.550 bits per heavy atom. The van der Waals surface area contributed by atoms with E-state index in [1.807, 2.05) is 0 Å². The molecule has 122 valence electrons. The van der Waals surface area contributed by atoms with Gasteiger partial charge in [0.1, 0.15) is 0 Å². The van der Waals surface area contributed by atoms with Gasteiger partial charge in [-0.15, -0.1) is 0 Å². The topological polar surface area (TPSA) is 0 Å². The first-order valence-corrected chi connectivity index (χ1v) is 9.22. The molecule has 20 heavy (non-hydrogen) atoms. The lowest BCUT2D eigenvalue weighted by Gasteiger charge is -2.23. The van der Waals surface area contributed by atoms with Crippen LogP contribution in [0.4, 0.5) is 0 Å². The van der Waals surface area contributed by atoms with Crippen LogP contribution in [0.25, 0.3) is 0 Å². The molecule has 0 aliphatic heterocycles. The molecule has 0 amide bonds. The molecule has 0 spiro atoms. The summed E-state index contributed by atoms with van der Waals surface area (Å²) in [4.78, 5) is 0. The Morgan fingerprint density at radius 3 is 1.25 bits per heavy atom. The maximum atomic E-state index is 2.33. The van der Waals surface area contributed by atoms with Gasteiger partial charge in [0.2, 0.25) is 0 Å². The van der Waals surface area contributed by atoms with Crippen molar-refractivity contribution in [2.45, 2.75) is 90.9 Å². The lowest BCUT2D eigenvalue weighted by Crippen LogP contribution is -2.35. The minimum Gasteiger partial charge on any atom is -0.331 e. The predicted molar refractivity (Wildman–Crippen MR) is 93.1 cm³/mol. The van der Waals surface area contributed by atoms with Gasteiger partial charge >= 0.3 is 0 Å². The van der Waals surface area contributed by atoms with E-state index in [0.717, 1.165) is 10.4 Å². The van der Waals surface area contributed by atoms with Crippen molar-refractivity contribution < 1.29 is 4.48 Å². The van der Waals surface area contributed by atoms with Crippen LogP contribution in [0, 0.1) is 5.92 Å². The SMILES string of the molecule is CC(C)CCCCCCCCCCCCC[N+](C)(C)C. The Balaban J connectivity index is 3.03. The molecule has 0 saturated carbocycles. The van der Waals surface area contributed by atoms with Gasteiger partial charge in [-0.3, -0.25) is 0 Å². The lowest BCUT2D eigenvalue weighted by atomic mass is 10.0. The number of rotatable bonds is 14. The second-order valence-electron chi connectivity index (χ2n) is 8.09. The molecule has 0 N–H and O–H groups in total. The highest BCUT2D eigenvalue weighted by Gasteiger charge is 2.04. The van der Waals surface area contributed by atoms with E-state index in [-0.39, 0.29) is 0 Å². The number of unbranched alkanes of at least 4 members (excludes halogenated alkanes) is 10. The molecule has 0 rings (SSSR count). The van der Waals surface area contributed by atoms with Crippen molar-refractivity contribution in [1.82, 2.24) is 0 Å². The van der Waals surface area contributed by atoms with Crippen molar-refractivity contribution in [3.05, 3.63) is 0 Å². The molecule has 0 heterocycles. The first kappa shape index (κ1) is 20.0. The van der Waals surface area contributed by atoms with Crippen LogP contribution in [0.1, 0.15) is 90.9 Å². The third-order valence-corrected chi connectivity index (χ3v) is 4.11. The van der Waals surface area contributed by atoms with Gasteiger partial charge in [-0.05, 0) is 18.8 Å². The summed E-state index contributed by atoms with van der Waals surface area (Å²) in [6.45, 7) is 6.00. The van der Waals surface area contributed by atoms with Crippen LogP contribution in [0.5, 0.6) is 0 Å². The summed E-state index contributed by atoms with van der Waals surface area (Å²) >= 11 is 0. The summed E-state index contributed by atoms with van der Waals surface area (Å²) in [5.41, 5.74) is 0. The fourth-order valence-electron chi connectivity index (χ4n) is 2.73. The molecule has 0 aromatic carbocycles. The highest BCUT2D eigenvalue weighted by molar-refractivity contribution is 4.50. The molecule has 1 heteroatoms. The van der Waals surface area contributed by atoms with Crippen LogP contribution in [0.3, 0.4) is 0 Å². The summed E-state index contributed by atoms with van der Waals surface area (Å²) in [6.07, 6.45) is 17.4. The molecular weight excluding hydrogens is 242 g/mol. The highest BCUT2D eigenvalue weighted by Crippen LogP contribution is 2.13. The molecule has 0 saturated heterocycles. The van der Waals surface area contributed by atoms with Crippen LogP contribution >= 0.6 is 0 Å². The molecule has 1 nitrogen and oxygen atoms in total. The normalized spacial score (nSPS) is 12.3. The van der Waals surface area contributed by atoms with E-state index in [9.17, 15) is 0 Å². The predicted octanol–water partition coefficient (Wildman–Crippen LogP) is 6.03. The van der Waals surface area contributed by atoms with Gasteiger partial charge < -0.3 is 4.48 Å². The van der Waals surface area contributed by atoms with Gasteiger partial charge in [-0.1, -0.05) is 78.1 Å². The lowest BCUT2D eigenvalue weighted by molar-refractivity contribution is -0.870. The Bertz CT molecular complexity index is 190. The van der Waals surface area contributed by atoms with E-state index in [2.05, 4.69) is 35.0 Å². The first-order chi connectivity index (χ1) is 9.42. The standard InChI is InChI=1S/C19H42N/c1-19(2)17-15-13-11-9-7-6-8-10-12-14-16-18-20(3,4)5/h19H,6-18H2,1-5H3/q+1. The van der Waals surface area contributed by atoms with Gasteiger partial charge in [0.25, 0.3) is 0 Å². The Morgan fingerprint density at radius 2 is 0.900 bits per heavy atom. The van der Waals surface area contributed by atoms with Crippen LogP contribution in [0.2, 0.25) is 0 Å². The summed E-state index contributed by atoms with van der Waals surface area (Å²) in [7, 11) is 6.88. The maximum absolute atomic E-state index is 2.33. The second-order valence-corrected chi connectivity index (χ2v) is 8.09. The number of nitrogens with zero attached hydrogens (tertiary/aromatic N) is 1. The number of quaternary nitrogens is 1. The van der Waals surface area contributed by atoms with Gasteiger partial charge in [-0.2, -0.15) is 0 Å². The average Bonchev–Trinajstić information content (AvgIpc) is 2.33. The maximum Gasteiger partial charge on any atom is 0.0780 e. The minimum atomic E-state index is 0.895. The zero-order chi connectivity index (χ0) is 15.3. The van der Waals surface area contributed by atoms with Crippen LogP contribution in [-0.2, 0) is 0 Å². The third-order valence-electron chi connectivity index (χ3n) is 4.11. The summed E-state index contributed by atoms with van der Waals surface area (Å²) in [5.74, 6) is 0.895. The van der Waals surface area contributed by atoms with E-state index in [1.165, 1.54) is 83.6 Å². The van der Waals surface area contributed by atoms with Crippen LogP contribution < -0.4 is 0 Å². The zero-order valence-corrected chi connectivity index (χ0v) is 15.2. The molecule has 0 aliphatic rings. The Hall–Kier alpha value is -0.0400. The summed E-state index contributed by atoms with van der Waals surface area (Å²) < 4.78 is 1.12. The van der Waals surface area contributed by atoms with Crippen LogP contribution in [-0.4, -0.2) is 32.2 Å². The summed E-state index contributed by atoms with van der Waals surface area (Å²) in [5, 5.41) is 0. The quantitative estimate of drug-likeness (QED) is 0.270.